The summed E-state index contributed by atoms with van der Waals surface area (Å²) in [6, 6.07) is 11.0. The fraction of sp³-hybridized carbons (Fsp3) is 0.600. The fourth-order valence-electron chi connectivity index (χ4n) is 3.65. The molecule has 2 unspecified atom stereocenters. The van der Waals surface area contributed by atoms with Gasteiger partial charge in [-0.25, -0.2) is 0 Å². The molecule has 0 amide bonds. The molecule has 0 saturated carbocycles. The second kappa shape index (κ2) is 5.22. The summed E-state index contributed by atoms with van der Waals surface area (Å²) in [5.74, 6) is 0. The van der Waals surface area contributed by atoms with E-state index in [4.69, 9.17) is 0 Å². The number of anilines is 1. The minimum Gasteiger partial charge on any atom is -0.365 e. The lowest BCUT2D eigenvalue weighted by molar-refractivity contribution is 0.252. The summed E-state index contributed by atoms with van der Waals surface area (Å²) < 4.78 is 1.17. The van der Waals surface area contributed by atoms with Crippen molar-refractivity contribution in [3.63, 3.8) is 0 Å². The topological polar surface area (TPSA) is 15.3 Å². The minimum atomic E-state index is 0.715. The highest BCUT2D eigenvalue weighted by Gasteiger charge is 2.37. The van der Waals surface area contributed by atoms with Crippen molar-refractivity contribution in [2.45, 2.75) is 50.2 Å². The smallest absolute Gasteiger partial charge is 0.0372 e. The summed E-state index contributed by atoms with van der Waals surface area (Å²) in [6.45, 7) is 0. The van der Waals surface area contributed by atoms with Crippen LogP contribution in [-0.4, -0.2) is 25.2 Å². The molecule has 2 aliphatic heterocycles. The number of rotatable bonds is 2. The predicted octanol–water partition coefficient (Wildman–Crippen LogP) is 3.56. The second-order valence-electron chi connectivity index (χ2n) is 5.58. The zero-order chi connectivity index (χ0) is 12.5. The second-order valence-corrected chi connectivity index (χ2v) is 6.49. The normalized spacial score (nSPS) is 31.4. The molecule has 0 aromatic heterocycles. The van der Waals surface area contributed by atoms with Crippen LogP contribution in [0.5, 0.6) is 0 Å². The molecule has 2 aliphatic rings. The van der Waals surface area contributed by atoms with Gasteiger partial charge in [-0.1, -0.05) is 15.9 Å². The van der Waals surface area contributed by atoms with E-state index >= 15 is 0 Å². The molecule has 3 heteroatoms. The molecule has 1 N–H and O–H groups in total. The van der Waals surface area contributed by atoms with Crippen LogP contribution in [0.2, 0.25) is 0 Å². The summed E-state index contributed by atoms with van der Waals surface area (Å²) in [4.78, 5) is 2.68. The van der Waals surface area contributed by atoms with E-state index in [0.717, 1.165) is 12.1 Å². The van der Waals surface area contributed by atoms with E-state index in [1.807, 2.05) is 0 Å². The first-order valence-electron chi connectivity index (χ1n) is 6.99. The number of fused-ring (bicyclic) bond motifs is 2. The van der Waals surface area contributed by atoms with Crippen molar-refractivity contribution in [1.29, 1.82) is 0 Å². The van der Waals surface area contributed by atoms with Gasteiger partial charge in [0.05, 0.1) is 0 Å². The first kappa shape index (κ1) is 12.5. The molecule has 18 heavy (non-hydrogen) atoms. The number of halogens is 1. The van der Waals surface area contributed by atoms with Crippen LogP contribution in [0.15, 0.2) is 28.7 Å². The Labute approximate surface area is 118 Å². The Morgan fingerprint density at radius 3 is 2.28 bits per heavy atom. The maximum absolute atomic E-state index is 3.52. The first-order valence-corrected chi connectivity index (χ1v) is 7.78. The molecule has 3 rings (SSSR count). The molecule has 2 fully saturated rings. The van der Waals surface area contributed by atoms with E-state index in [1.54, 1.807) is 0 Å². The SMILES string of the molecule is CNC1CC2CCCC(C1)N2c1ccc(Br)cc1. The van der Waals surface area contributed by atoms with Crippen LogP contribution >= 0.6 is 15.9 Å². The Morgan fingerprint density at radius 2 is 1.72 bits per heavy atom. The monoisotopic (exact) mass is 308 g/mol. The molecule has 0 spiro atoms. The van der Waals surface area contributed by atoms with Gasteiger partial charge < -0.3 is 10.2 Å². The predicted molar refractivity (Wildman–Crippen MR) is 80.1 cm³/mol. The van der Waals surface area contributed by atoms with Crippen molar-refractivity contribution in [3.8, 4) is 0 Å². The van der Waals surface area contributed by atoms with Gasteiger partial charge in [0, 0.05) is 28.3 Å². The van der Waals surface area contributed by atoms with Gasteiger partial charge in [-0.05, 0) is 63.4 Å². The maximum atomic E-state index is 3.52. The van der Waals surface area contributed by atoms with Crippen molar-refractivity contribution in [2.75, 3.05) is 11.9 Å². The lowest BCUT2D eigenvalue weighted by atomic mass is 9.81. The number of benzene rings is 1. The van der Waals surface area contributed by atoms with Crippen molar-refractivity contribution in [1.82, 2.24) is 5.32 Å². The minimum absolute atomic E-state index is 0.715. The van der Waals surface area contributed by atoms with Crippen LogP contribution < -0.4 is 10.2 Å². The van der Waals surface area contributed by atoms with Gasteiger partial charge in [0.2, 0.25) is 0 Å². The summed E-state index contributed by atoms with van der Waals surface area (Å²) in [5.41, 5.74) is 1.41. The first-order chi connectivity index (χ1) is 8.78. The average molecular weight is 309 g/mol. The van der Waals surface area contributed by atoms with Crippen LogP contribution in [0.25, 0.3) is 0 Å². The Bertz CT molecular complexity index is 389. The van der Waals surface area contributed by atoms with Gasteiger partial charge >= 0.3 is 0 Å². The average Bonchev–Trinajstić information content (AvgIpc) is 2.38. The van der Waals surface area contributed by atoms with Gasteiger partial charge in [0.15, 0.2) is 0 Å². The molecule has 2 bridgehead atoms. The summed E-state index contributed by atoms with van der Waals surface area (Å²) in [6.07, 6.45) is 6.69. The lowest BCUT2D eigenvalue weighted by Crippen LogP contribution is -2.56. The summed E-state index contributed by atoms with van der Waals surface area (Å²) in [5, 5.41) is 3.48. The molecule has 0 radical (unpaired) electrons. The van der Waals surface area contributed by atoms with E-state index in [2.05, 4.69) is 57.5 Å². The molecule has 98 valence electrons. The number of hydrogen-bond donors (Lipinski definition) is 1. The van der Waals surface area contributed by atoms with Crippen LogP contribution in [0, 0.1) is 0 Å². The van der Waals surface area contributed by atoms with Crippen molar-refractivity contribution >= 4 is 21.6 Å². The third-order valence-electron chi connectivity index (χ3n) is 4.51. The highest BCUT2D eigenvalue weighted by molar-refractivity contribution is 9.10. The van der Waals surface area contributed by atoms with Gasteiger partial charge in [0.1, 0.15) is 0 Å². The molecule has 1 aromatic rings. The third kappa shape index (κ3) is 2.30. The van der Waals surface area contributed by atoms with E-state index < -0.39 is 0 Å². The quantitative estimate of drug-likeness (QED) is 0.898. The zero-order valence-corrected chi connectivity index (χ0v) is 12.5. The number of hydrogen-bond acceptors (Lipinski definition) is 2. The molecule has 2 nitrogen and oxygen atoms in total. The zero-order valence-electron chi connectivity index (χ0n) is 10.9. The van der Waals surface area contributed by atoms with Crippen molar-refractivity contribution in [3.05, 3.63) is 28.7 Å². The van der Waals surface area contributed by atoms with Crippen molar-refractivity contribution < 1.29 is 0 Å². The van der Waals surface area contributed by atoms with Crippen LogP contribution in [0.3, 0.4) is 0 Å². The molecule has 0 aliphatic carbocycles. The molecule has 2 atom stereocenters. The van der Waals surface area contributed by atoms with E-state index in [1.165, 1.54) is 42.3 Å². The van der Waals surface area contributed by atoms with E-state index in [9.17, 15) is 0 Å². The van der Waals surface area contributed by atoms with Crippen LogP contribution in [-0.2, 0) is 0 Å². The van der Waals surface area contributed by atoms with E-state index in [-0.39, 0.29) is 0 Å². The van der Waals surface area contributed by atoms with Gasteiger partial charge in [0.25, 0.3) is 0 Å². The molecular weight excluding hydrogens is 288 g/mol. The highest BCUT2D eigenvalue weighted by atomic mass is 79.9. The van der Waals surface area contributed by atoms with Crippen LogP contribution in [0.1, 0.15) is 32.1 Å². The van der Waals surface area contributed by atoms with Crippen LogP contribution in [0.4, 0.5) is 5.69 Å². The Kier molecular flexibility index (Phi) is 3.62. The van der Waals surface area contributed by atoms with Gasteiger partial charge in [-0.15, -0.1) is 0 Å². The third-order valence-corrected chi connectivity index (χ3v) is 5.04. The number of piperidine rings is 2. The van der Waals surface area contributed by atoms with Gasteiger partial charge in [-0.3, -0.25) is 0 Å². The fourth-order valence-corrected chi connectivity index (χ4v) is 3.92. The molecule has 1 aromatic carbocycles. The van der Waals surface area contributed by atoms with Crippen molar-refractivity contribution in [2.24, 2.45) is 0 Å². The molecule has 2 heterocycles. The highest BCUT2D eigenvalue weighted by Crippen LogP contribution is 2.37. The standard InChI is InChI=1S/C15H21BrN2/c1-17-12-9-14-3-2-4-15(10-12)18(14)13-7-5-11(16)6-8-13/h5-8,12,14-15,17H,2-4,9-10H2,1H3. The Balaban J connectivity index is 1.85. The largest absolute Gasteiger partial charge is 0.365 e. The van der Waals surface area contributed by atoms with E-state index in [0.29, 0.717) is 6.04 Å². The lowest BCUT2D eigenvalue weighted by Gasteiger charge is -2.50. The van der Waals surface area contributed by atoms with Gasteiger partial charge in [-0.2, -0.15) is 0 Å². The molecular formula is C15H21BrN2. The Hall–Kier alpha value is -0.540. The maximum Gasteiger partial charge on any atom is 0.0372 e. The molecule has 2 saturated heterocycles. The Morgan fingerprint density at radius 1 is 1.11 bits per heavy atom. The number of nitrogens with zero attached hydrogens (tertiary/aromatic N) is 1. The summed E-state index contributed by atoms with van der Waals surface area (Å²) in [7, 11) is 2.11. The number of nitrogens with one attached hydrogen (secondary N) is 1. The summed E-state index contributed by atoms with van der Waals surface area (Å²) >= 11 is 3.52.